The van der Waals surface area contributed by atoms with Crippen LogP contribution in [0.2, 0.25) is 0 Å². The Labute approximate surface area is 156 Å². The van der Waals surface area contributed by atoms with Crippen molar-refractivity contribution < 1.29 is 19.4 Å². The van der Waals surface area contributed by atoms with Crippen LogP contribution in [0.15, 0.2) is 18.2 Å². The molecule has 2 aliphatic rings. The van der Waals surface area contributed by atoms with Crippen molar-refractivity contribution in [3.05, 3.63) is 29.3 Å². The Kier molecular flexibility index (Phi) is 4.95. The molecule has 0 saturated carbocycles. The highest BCUT2D eigenvalue weighted by atomic mass is 16.6. The number of carbonyl (C=O) groups excluding carboxylic acids is 1. The monoisotopic (exact) mass is 361 g/mol. The van der Waals surface area contributed by atoms with Gasteiger partial charge < -0.3 is 19.5 Å². The lowest BCUT2D eigenvalue weighted by Crippen LogP contribution is -2.59. The Balaban J connectivity index is 1.84. The third-order valence-corrected chi connectivity index (χ3v) is 5.54. The van der Waals surface area contributed by atoms with Gasteiger partial charge in [0.15, 0.2) is 0 Å². The van der Waals surface area contributed by atoms with Crippen molar-refractivity contribution in [2.45, 2.75) is 83.1 Å². The smallest absolute Gasteiger partial charge is 0.410 e. The summed E-state index contributed by atoms with van der Waals surface area (Å²) in [5.74, 6) is 0.823. The number of aliphatic hydroxyl groups is 1. The molecule has 0 aliphatic carbocycles. The molecule has 2 fully saturated rings. The first-order chi connectivity index (χ1) is 12.1. The summed E-state index contributed by atoms with van der Waals surface area (Å²) in [5.41, 5.74) is 0.507. The zero-order valence-corrected chi connectivity index (χ0v) is 16.5. The lowest BCUT2D eigenvalue weighted by molar-refractivity contribution is -0.0965. The van der Waals surface area contributed by atoms with E-state index in [-0.39, 0.29) is 18.2 Å². The molecule has 5 heteroatoms. The SMILES string of the molecule is COc1ccc(C2(O)CC3CCCC(C2)N3C(=O)OC(C)(C)C)cc1C. The second kappa shape index (κ2) is 6.76. The van der Waals surface area contributed by atoms with Gasteiger partial charge in [0.05, 0.1) is 12.7 Å². The number of aryl methyl sites for hydroxylation is 1. The van der Waals surface area contributed by atoms with Crippen LogP contribution in [0.5, 0.6) is 5.75 Å². The summed E-state index contributed by atoms with van der Waals surface area (Å²) in [5, 5.41) is 11.4. The highest BCUT2D eigenvalue weighted by Crippen LogP contribution is 2.45. The molecule has 1 amide bonds. The van der Waals surface area contributed by atoms with Crippen LogP contribution in [0.4, 0.5) is 4.79 Å². The maximum Gasteiger partial charge on any atom is 0.410 e. The van der Waals surface area contributed by atoms with Crippen LogP contribution in [0.3, 0.4) is 0 Å². The van der Waals surface area contributed by atoms with Gasteiger partial charge in [-0.3, -0.25) is 0 Å². The second-order valence-corrected chi connectivity index (χ2v) is 8.75. The van der Waals surface area contributed by atoms with E-state index in [0.29, 0.717) is 12.8 Å². The maximum atomic E-state index is 12.7. The standard InChI is InChI=1S/C21H31NO4/c1-14-11-15(9-10-18(14)25-5)21(24)12-16-7-6-8-17(13-21)22(16)19(23)26-20(2,3)4/h9-11,16-17,24H,6-8,12-13H2,1-5H3. The third-order valence-electron chi connectivity index (χ3n) is 5.54. The van der Waals surface area contributed by atoms with Gasteiger partial charge in [-0.05, 0) is 70.2 Å². The van der Waals surface area contributed by atoms with E-state index in [4.69, 9.17) is 9.47 Å². The minimum absolute atomic E-state index is 0.0183. The van der Waals surface area contributed by atoms with Gasteiger partial charge in [0.1, 0.15) is 11.4 Å². The molecule has 1 aromatic rings. The lowest BCUT2D eigenvalue weighted by atomic mass is 9.72. The molecular weight excluding hydrogens is 330 g/mol. The molecule has 1 aromatic carbocycles. The predicted molar refractivity (Wildman–Crippen MR) is 100 cm³/mol. The van der Waals surface area contributed by atoms with Gasteiger partial charge in [-0.25, -0.2) is 4.79 Å². The number of piperidine rings is 2. The summed E-state index contributed by atoms with van der Waals surface area (Å²) >= 11 is 0. The van der Waals surface area contributed by atoms with E-state index in [2.05, 4.69) is 0 Å². The molecule has 26 heavy (non-hydrogen) atoms. The minimum Gasteiger partial charge on any atom is -0.496 e. The normalized spacial score (nSPS) is 28.6. The number of carbonyl (C=O) groups is 1. The fourth-order valence-corrected chi connectivity index (χ4v) is 4.45. The Bertz CT molecular complexity index is 665. The molecular formula is C21H31NO4. The summed E-state index contributed by atoms with van der Waals surface area (Å²) in [6, 6.07) is 5.91. The highest BCUT2D eigenvalue weighted by Gasteiger charge is 2.49. The van der Waals surface area contributed by atoms with Gasteiger partial charge in [0.25, 0.3) is 0 Å². The number of fused-ring (bicyclic) bond motifs is 2. The molecule has 2 bridgehead atoms. The quantitative estimate of drug-likeness (QED) is 0.860. The average molecular weight is 361 g/mol. The molecule has 5 nitrogen and oxygen atoms in total. The van der Waals surface area contributed by atoms with Crippen LogP contribution in [0.1, 0.15) is 64.0 Å². The van der Waals surface area contributed by atoms with Crippen LogP contribution >= 0.6 is 0 Å². The number of amides is 1. The molecule has 0 radical (unpaired) electrons. The molecule has 144 valence electrons. The fraction of sp³-hybridized carbons (Fsp3) is 0.667. The largest absolute Gasteiger partial charge is 0.496 e. The molecule has 0 spiro atoms. The second-order valence-electron chi connectivity index (χ2n) is 8.75. The molecule has 2 atom stereocenters. The fourth-order valence-electron chi connectivity index (χ4n) is 4.45. The maximum absolute atomic E-state index is 12.7. The van der Waals surface area contributed by atoms with Crippen LogP contribution in [-0.2, 0) is 10.3 Å². The number of rotatable bonds is 2. The number of hydrogen-bond acceptors (Lipinski definition) is 4. The molecule has 3 rings (SSSR count). The van der Waals surface area contributed by atoms with Crippen LogP contribution in [-0.4, -0.2) is 40.9 Å². The summed E-state index contributed by atoms with van der Waals surface area (Å²) in [6.45, 7) is 7.66. The minimum atomic E-state index is -0.911. The Hall–Kier alpha value is -1.75. The first-order valence-corrected chi connectivity index (χ1v) is 9.52. The van der Waals surface area contributed by atoms with E-state index >= 15 is 0 Å². The van der Waals surface area contributed by atoms with E-state index in [1.165, 1.54) is 0 Å². The Morgan fingerprint density at radius 1 is 1.23 bits per heavy atom. The van der Waals surface area contributed by atoms with Gasteiger partial charge in [0, 0.05) is 24.9 Å². The first-order valence-electron chi connectivity index (χ1n) is 9.52. The van der Waals surface area contributed by atoms with E-state index < -0.39 is 11.2 Å². The Morgan fingerprint density at radius 3 is 2.35 bits per heavy atom. The van der Waals surface area contributed by atoms with Gasteiger partial charge in [-0.15, -0.1) is 0 Å². The van der Waals surface area contributed by atoms with E-state index in [0.717, 1.165) is 36.1 Å². The average Bonchev–Trinajstić information content (AvgIpc) is 2.52. The molecule has 1 N–H and O–H groups in total. The van der Waals surface area contributed by atoms with Crippen LogP contribution in [0, 0.1) is 6.92 Å². The summed E-state index contributed by atoms with van der Waals surface area (Å²) in [4.78, 5) is 14.6. The first kappa shape index (κ1) is 19.0. The van der Waals surface area contributed by atoms with E-state index in [9.17, 15) is 9.90 Å². The zero-order valence-electron chi connectivity index (χ0n) is 16.5. The van der Waals surface area contributed by atoms with Crippen molar-refractivity contribution in [3.63, 3.8) is 0 Å². The van der Waals surface area contributed by atoms with Crippen molar-refractivity contribution in [3.8, 4) is 5.75 Å². The summed E-state index contributed by atoms with van der Waals surface area (Å²) in [7, 11) is 1.65. The topological polar surface area (TPSA) is 59.0 Å². The van der Waals surface area contributed by atoms with Crippen molar-refractivity contribution in [2.75, 3.05) is 7.11 Å². The van der Waals surface area contributed by atoms with Crippen molar-refractivity contribution in [2.24, 2.45) is 0 Å². The molecule has 2 aliphatic heterocycles. The molecule has 0 aromatic heterocycles. The summed E-state index contributed by atoms with van der Waals surface area (Å²) in [6.07, 6.45) is 3.76. The molecule has 2 heterocycles. The number of methoxy groups -OCH3 is 1. The highest BCUT2D eigenvalue weighted by molar-refractivity contribution is 5.69. The van der Waals surface area contributed by atoms with Gasteiger partial charge in [-0.1, -0.05) is 6.07 Å². The van der Waals surface area contributed by atoms with E-state index in [1.807, 2.05) is 50.8 Å². The number of ether oxygens (including phenoxy) is 2. The predicted octanol–water partition coefficient (Wildman–Crippen LogP) is 4.14. The lowest BCUT2D eigenvalue weighted by Gasteiger charge is -2.52. The van der Waals surface area contributed by atoms with Crippen LogP contribution in [0.25, 0.3) is 0 Å². The molecule has 2 unspecified atom stereocenters. The summed E-state index contributed by atoms with van der Waals surface area (Å²) < 4.78 is 11.0. The number of nitrogens with zero attached hydrogens (tertiary/aromatic N) is 1. The zero-order chi connectivity index (χ0) is 19.1. The van der Waals surface area contributed by atoms with Gasteiger partial charge in [-0.2, -0.15) is 0 Å². The third kappa shape index (κ3) is 3.68. The van der Waals surface area contributed by atoms with Crippen molar-refractivity contribution in [1.82, 2.24) is 4.90 Å². The Morgan fingerprint density at radius 2 is 1.85 bits per heavy atom. The van der Waals surface area contributed by atoms with Gasteiger partial charge in [0.2, 0.25) is 0 Å². The van der Waals surface area contributed by atoms with Crippen molar-refractivity contribution >= 4 is 6.09 Å². The van der Waals surface area contributed by atoms with Crippen LogP contribution < -0.4 is 4.74 Å². The number of hydrogen-bond donors (Lipinski definition) is 1. The molecule has 2 saturated heterocycles. The van der Waals surface area contributed by atoms with Gasteiger partial charge >= 0.3 is 6.09 Å². The van der Waals surface area contributed by atoms with Crippen molar-refractivity contribution in [1.29, 1.82) is 0 Å². The number of benzene rings is 1. The van der Waals surface area contributed by atoms with E-state index in [1.54, 1.807) is 7.11 Å².